The fourth-order valence-electron chi connectivity index (χ4n) is 4.76. The number of rotatable bonds is 4. The molecule has 1 unspecified atom stereocenters. The van der Waals surface area contributed by atoms with Gasteiger partial charge in [-0.1, -0.05) is 35.9 Å². The average Bonchev–Trinajstić information content (AvgIpc) is 3.00. The van der Waals surface area contributed by atoms with Gasteiger partial charge in [0.15, 0.2) is 0 Å². The highest BCUT2D eigenvalue weighted by molar-refractivity contribution is 6.31. The van der Waals surface area contributed by atoms with Gasteiger partial charge in [0.25, 0.3) is 0 Å². The zero-order valence-corrected chi connectivity index (χ0v) is 16.5. The molecule has 0 radical (unpaired) electrons. The Morgan fingerprint density at radius 1 is 1.25 bits per heavy atom. The maximum atomic E-state index is 13.6. The van der Waals surface area contributed by atoms with Crippen LogP contribution < -0.4 is 10.2 Å². The molecule has 4 nitrogen and oxygen atoms in total. The number of halogens is 2. The van der Waals surface area contributed by atoms with Gasteiger partial charge in [-0.3, -0.25) is 4.90 Å². The summed E-state index contributed by atoms with van der Waals surface area (Å²) in [7, 11) is 0. The van der Waals surface area contributed by atoms with Gasteiger partial charge in [-0.2, -0.15) is 0 Å². The Morgan fingerprint density at radius 2 is 1.96 bits per heavy atom. The highest BCUT2D eigenvalue weighted by Crippen LogP contribution is 2.38. The molecule has 0 saturated carbocycles. The van der Waals surface area contributed by atoms with Crippen molar-refractivity contribution in [3.05, 3.63) is 52.8 Å². The van der Waals surface area contributed by atoms with E-state index >= 15 is 0 Å². The van der Waals surface area contributed by atoms with Gasteiger partial charge >= 0.3 is 6.09 Å². The van der Waals surface area contributed by atoms with Crippen molar-refractivity contribution in [1.82, 2.24) is 5.32 Å². The Bertz CT molecular complexity index is 892. The predicted molar refractivity (Wildman–Crippen MR) is 110 cm³/mol. The van der Waals surface area contributed by atoms with Crippen LogP contribution in [0, 0.1) is 18.7 Å². The van der Waals surface area contributed by atoms with E-state index in [4.69, 9.17) is 11.6 Å². The van der Waals surface area contributed by atoms with Crippen LogP contribution in [0.3, 0.4) is 0 Å². The van der Waals surface area contributed by atoms with Crippen molar-refractivity contribution >= 4 is 23.4 Å². The van der Waals surface area contributed by atoms with Crippen molar-refractivity contribution in [1.29, 1.82) is 0 Å². The summed E-state index contributed by atoms with van der Waals surface area (Å²) >= 11 is 5.98. The number of fused-ring (bicyclic) bond motifs is 2. The predicted octanol–water partition coefficient (Wildman–Crippen LogP) is 5.47. The number of anilines is 1. The van der Waals surface area contributed by atoms with E-state index in [2.05, 4.69) is 5.32 Å². The van der Waals surface area contributed by atoms with Crippen LogP contribution in [0.4, 0.5) is 14.9 Å². The lowest BCUT2D eigenvalue weighted by molar-refractivity contribution is 0.198. The molecule has 3 atom stereocenters. The lowest BCUT2D eigenvalue weighted by Crippen LogP contribution is -2.43. The summed E-state index contributed by atoms with van der Waals surface area (Å²) in [6.07, 6.45) is 3.40. The van der Waals surface area contributed by atoms with Crippen molar-refractivity contribution in [2.75, 3.05) is 11.4 Å². The average molecular weight is 403 g/mol. The zero-order valence-electron chi connectivity index (χ0n) is 15.8. The summed E-state index contributed by atoms with van der Waals surface area (Å²) in [5.74, 6) is -0.154. The summed E-state index contributed by atoms with van der Waals surface area (Å²) in [5.41, 5.74) is 2.99. The number of carboxylic acid groups (broad SMARTS) is 1. The van der Waals surface area contributed by atoms with Crippen LogP contribution in [0.1, 0.15) is 31.2 Å². The highest BCUT2D eigenvalue weighted by Gasteiger charge is 2.35. The van der Waals surface area contributed by atoms with Crippen LogP contribution in [-0.2, 0) is 0 Å². The summed E-state index contributed by atoms with van der Waals surface area (Å²) in [6, 6.07) is 11.2. The molecular weight excluding hydrogens is 379 g/mol. The fraction of sp³-hybridized carbons (Fsp3) is 0.409. The molecule has 2 heterocycles. The Hall–Kier alpha value is -2.11. The van der Waals surface area contributed by atoms with Crippen LogP contribution in [0.15, 0.2) is 36.4 Å². The maximum Gasteiger partial charge on any atom is 0.411 e. The molecular formula is C22H24ClFN2O2. The molecule has 2 N–H and O–H groups in total. The highest BCUT2D eigenvalue weighted by atomic mass is 35.5. The number of para-hydroxylation sites is 1. The van der Waals surface area contributed by atoms with E-state index in [0.29, 0.717) is 35.8 Å². The van der Waals surface area contributed by atoms with E-state index < -0.39 is 11.9 Å². The van der Waals surface area contributed by atoms with Gasteiger partial charge in [0, 0.05) is 24.2 Å². The van der Waals surface area contributed by atoms with Crippen LogP contribution in [0.5, 0.6) is 0 Å². The number of nitrogens with zero attached hydrogens (tertiary/aromatic N) is 1. The molecule has 2 aliphatic heterocycles. The van der Waals surface area contributed by atoms with E-state index in [9.17, 15) is 14.3 Å². The lowest BCUT2D eigenvalue weighted by Gasteiger charge is -2.33. The summed E-state index contributed by atoms with van der Waals surface area (Å²) in [4.78, 5) is 13.7. The monoisotopic (exact) mass is 402 g/mol. The molecule has 6 heteroatoms. The van der Waals surface area contributed by atoms with Gasteiger partial charge in [-0.25, -0.2) is 9.18 Å². The Morgan fingerprint density at radius 3 is 2.61 bits per heavy atom. The van der Waals surface area contributed by atoms with Crippen molar-refractivity contribution < 1.29 is 14.3 Å². The first-order chi connectivity index (χ1) is 13.4. The molecule has 148 valence electrons. The van der Waals surface area contributed by atoms with E-state index in [1.807, 2.05) is 25.1 Å². The van der Waals surface area contributed by atoms with Crippen LogP contribution >= 0.6 is 11.6 Å². The van der Waals surface area contributed by atoms with E-state index in [0.717, 1.165) is 24.0 Å². The van der Waals surface area contributed by atoms with Crippen molar-refractivity contribution in [3.63, 3.8) is 0 Å². The lowest BCUT2D eigenvalue weighted by atomic mass is 9.91. The van der Waals surface area contributed by atoms with Gasteiger partial charge in [0.05, 0.1) is 10.7 Å². The minimum atomic E-state index is -0.963. The number of hydrogen-bond donors (Lipinski definition) is 2. The minimum Gasteiger partial charge on any atom is -0.465 e. The molecule has 28 heavy (non-hydrogen) atoms. The number of hydrogen-bond acceptors (Lipinski definition) is 2. The molecule has 4 rings (SSSR count). The first-order valence-electron chi connectivity index (χ1n) is 9.74. The maximum absolute atomic E-state index is 13.6. The Labute approximate surface area is 169 Å². The van der Waals surface area contributed by atoms with Crippen LogP contribution in [0.25, 0.3) is 11.1 Å². The minimum absolute atomic E-state index is 0.0294. The van der Waals surface area contributed by atoms with E-state index in [1.54, 1.807) is 12.1 Å². The second kappa shape index (κ2) is 7.72. The van der Waals surface area contributed by atoms with Gasteiger partial charge in [-0.15, -0.1) is 0 Å². The number of carbonyl (C=O) groups is 1. The van der Waals surface area contributed by atoms with Gasteiger partial charge in [-0.05, 0) is 61.8 Å². The second-order valence-electron chi connectivity index (χ2n) is 7.97. The van der Waals surface area contributed by atoms with Crippen molar-refractivity contribution in [3.8, 4) is 11.1 Å². The number of nitrogens with one attached hydrogen (secondary N) is 1. The molecule has 0 spiro atoms. The fourth-order valence-corrected chi connectivity index (χ4v) is 4.94. The van der Waals surface area contributed by atoms with Crippen LogP contribution in [-0.4, -0.2) is 29.8 Å². The zero-order chi connectivity index (χ0) is 19.8. The number of piperidine rings is 1. The Balaban J connectivity index is 1.70. The number of benzene rings is 2. The summed E-state index contributed by atoms with van der Waals surface area (Å²) in [5, 5.41) is 13.7. The normalized spacial score (nSPS) is 23.6. The third-order valence-corrected chi connectivity index (χ3v) is 6.27. The molecule has 0 aromatic heterocycles. The summed E-state index contributed by atoms with van der Waals surface area (Å²) < 4.78 is 13.6. The van der Waals surface area contributed by atoms with E-state index in [-0.39, 0.29) is 5.02 Å². The molecule has 1 amide bonds. The van der Waals surface area contributed by atoms with Gasteiger partial charge < -0.3 is 10.4 Å². The summed E-state index contributed by atoms with van der Waals surface area (Å²) in [6.45, 7) is 2.38. The number of amides is 1. The Kier molecular flexibility index (Phi) is 5.30. The number of aryl methyl sites for hydroxylation is 1. The third kappa shape index (κ3) is 3.74. The standard InChI is InChI=1S/C22H24ClFN2O2/c1-13-3-2-4-18(15-5-8-20(24)19(23)11-15)21(13)26(22(27)28)12-14-9-16-6-7-17(10-14)25-16/h2-5,8,11,14,16-17,25H,6-7,9-10,12H2,1H3,(H,27,28)/t14?,16-,17+. The molecule has 2 bridgehead atoms. The van der Waals surface area contributed by atoms with Crippen LogP contribution in [0.2, 0.25) is 5.02 Å². The van der Waals surface area contributed by atoms with Gasteiger partial charge in [0.1, 0.15) is 5.82 Å². The quantitative estimate of drug-likeness (QED) is 0.713. The molecule has 2 aliphatic rings. The largest absolute Gasteiger partial charge is 0.465 e. The van der Waals surface area contributed by atoms with E-state index in [1.165, 1.54) is 23.8 Å². The molecule has 2 saturated heterocycles. The molecule has 0 aliphatic carbocycles. The molecule has 2 aromatic rings. The third-order valence-electron chi connectivity index (χ3n) is 5.98. The van der Waals surface area contributed by atoms with Gasteiger partial charge in [0.2, 0.25) is 0 Å². The molecule has 2 fully saturated rings. The topological polar surface area (TPSA) is 52.6 Å². The first kappa shape index (κ1) is 19.2. The first-order valence-corrected chi connectivity index (χ1v) is 10.1. The smallest absolute Gasteiger partial charge is 0.411 e. The SMILES string of the molecule is Cc1cccc(-c2ccc(F)c(Cl)c2)c1N(CC1C[C@H]2CC[C@@H](C1)N2)C(=O)O. The second-order valence-corrected chi connectivity index (χ2v) is 8.38. The van der Waals surface area contributed by atoms with Crippen molar-refractivity contribution in [2.45, 2.75) is 44.7 Å². The van der Waals surface area contributed by atoms with Crippen molar-refractivity contribution in [2.24, 2.45) is 5.92 Å². The molecule has 2 aromatic carbocycles.